The predicted molar refractivity (Wildman–Crippen MR) is 395 cm³/mol. The van der Waals surface area contributed by atoms with Crippen molar-refractivity contribution in [3.63, 3.8) is 0 Å². The van der Waals surface area contributed by atoms with E-state index in [1.165, 1.54) is 126 Å². The summed E-state index contributed by atoms with van der Waals surface area (Å²) in [4.78, 5) is 22.7. The topological polar surface area (TPSA) is 134 Å². The van der Waals surface area contributed by atoms with Gasteiger partial charge in [-0.15, -0.1) is 0 Å². The lowest BCUT2D eigenvalue weighted by Crippen LogP contribution is -2.29. The number of benzene rings is 6. The van der Waals surface area contributed by atoms with Crippen molar-refractivity contribution in [2.24, 2.45) is 14.0 Å². The Kier molecular flexibility index (Phi) is 11.6. The van der Waals surface area contributed by atoms with Crippen molar-refractivity contribution in [2.75, 3.05) is 0 Å². The highest BCUT2D eigenvalue weighted by Gasteiger charge is 2.38. The fraction of sp³-hybridized carbons (Fsp3) is 0.0843. The molecule has 21 aromatic rings. The molecular weight excluding hydrogens is 1300 g/mol. The lowest BCUT2D eigenvalue weighted by atomic mass is 10.2. The van der Waals surface area contributed by atoms with Crippen molar-refractivity contribution in [3.05, 3.63) is 303 Å². The molecule has 0 saturated heterocycles. The molecule has 0 unspecified atom stereocenters. The van der Waals surface area contributed by atoms with Crippen molar-refractivity contribution < 1.29 is 31.4 Å². The molecule has 0 aliphatic carbocycles. The number of pyridine rings is 5. The molecule has 0 spiro atoms. The molecule has 5 aliphatic rings. The lowest BCUT2D eigenvalue weighted by molar-refractivity contribution is -0.670. The molecule has 5 aliphatic heterocycles. The van der Waals surface area contributed by atoms with Gasteiger partial charge in [-0.05, 0) is 103 Å². The van der Waals surface area contributed by atoms with E-state index in [9.17, 15) is 0 Å². The van der Waals surface area contributed by atoms with Crippen LogP contribution in [0.25, 0.3) is 145 Å². The summed E-state index contributed by atoms with van der Waals surface area (Å²) < 4.78 is 59.5. The number of hydrogen-bond donors (Lipinski definition) is 0. The summed E-state index contributed by atoms with van der Waals surface area (Å²) in [5, 5.41) is 0. The molecule has 20 heterocycles. The monoisotopic (exact) mass is 1360 g/mol. The van der Waals surface area contributed by atoms with E-state index in [-0.39, 0.29) is 0 Å². The molecule has 0 bridgehead atoms. The summed E-state index contributed by atoms with van der Waals surface area (Å²) in [6, 6.07) is 62.4. The Balaban J connectivity index is 0.0000000830. The number of thiazole rings is 1. The molecule has 0 radical (unpaired) electrons. The first-order chi connectivity index (χ1) is 52.1. The van der Waals surface area contributed by atoms with Gasteiger partial charge in [0, 0.05) is 114 Å². The number of hydrogen-bond acceptors (Lipinski definition) is 7. The lowest BCUT2D eigenvalue weighted by Gasteiger charge is -2.02. The molecule has 19 nitrogen and oxygen atoms in total. The van der Waals surface area contributed by atoms with E-state index in [0.717, 1.165) is 72.3 Å². The van der Waals surface area contributed by atoms with Crippen molar-refractivity contribution in [3.8, 4) is 62.6 Å². The SMILES string of the molecule is Cn1c2ccccc2n2c3[n+](cc12)Cc1ccncc1-3.[2H]C([2H])([2H])n1c2ccccc2n2c3[n+](cc12)Cc1ccncc1-3.c1ccc(-n2c3ccccc3n3c4[n+](cc23)Cc2ccncc2-4)cc1.c1ccc2c(c1)oc1c[n+]3c(n12)-c1cnccc1C3.c1ccc2c(c1)sc1c[n+]3c(n12)-c1cnccc1C3. The van der Waals surface area contributed by atoms with Gasteiger partial charge >= 0.3 is 5.71 Å². The fourth-order valence-corrected chi connectivity index (χ4v) is 17.7. The Morgan fingerprint density at radius 3 is 1.25 bits per heavy atom. The Labute approximate surface area is 594 Å². The van der Waals surface area contributed by atoms with Gasteiger partial charge in [-0.2, -0.15) is 22.0 Å². The van der Waals surface area contributed by atoms with Crippen LogP contribution in [0.3, 0.4) is 0 Å². The first kappa shape index (κ1) is 54.5. The van der Waals surface area contributed by atoms with E-state index < -0.39 is 6.98 Å². The smallest absolute Gasteiger partial charge is 0.336 e. The minimum atomic E-state index is -2.23. The van der Waals surface area contributed by atoms with Gasteiger partial charge in [-0.1, -0.05) is 90.2 Å². The predicted octanol–water partition coefficient (Wildman–Crippen LogP) is 13.1. The molecule has 0 fully saturated rings. The van der Waals surface area contributed by atoms with Crippen LogP contribution in [0.1, 0.15) is 31.9 Å². The number of oxazole rings is 1. The average Bonchev–Trinajstić information content (AvgIpc) is 1.59. The van der Waals surface area contributed by atoms with Crippen LogP contribution in [0.2, 0.25) is 0 Å². The fourth-order valence-electron chi connectivity index (χ4n) is 16.6. The molecule has 6 aromatic carbocycles. The summed E-state index contributed by atoms with van der Waals surface area (Å²) in [5.41, 5.74) is 27.5. The third kappa shape index (κ3) is 8.43. The average molecular weight is 1360 g/mol. The minimum absolute atomic E-state index is 0.677. The second-order valence-corrected chi connectivity index (χ2v) is 27.7. The summed E-state index contributed by atoms with van der Waals surface area (Å²) in [6.07, 6.45) is 29.7. The summed E-state index contributed by atoms with van der Waals surface area (Å²) in [6.45, 7) is 2.19. The van der Waals surface area contributed by atoms with E-state index in [2.05, 4.69) is 240 Å². The molecule has 0 N–H and O–H groups in total. The van der Waals surface area contributed by atoms with Crippen molar-refractivity contribution in [1.82, 2.24) is 60.6 Å². The number of imidazole rings is 8. The third-order valence-electron chi connectivity index (χ3n) is 21.0. The Hall–Kier alpha value is -13.5. The molecule has 490 valence electrons. The van der Waals surface area contributed by atoms with E-state index in [1.807, 2.05) is 126 Å². The molecule has 15 aromatic heterocycles. The van der Waals surface area contributed by atoms with Gasteiger partial charge in [-0.3, -0.25) is 29.5 Å². The number of nitrogens with zero attached hydrogens (tertiary/aromatic N) is 18. The van der Waals surface area contributed by atoms with Gasteiger partial charge in [0.2, 0.25) is 16.1 Å². The Morgan fingerprint density at radius 1 is 0.350 bits per heavy atom. The van der Waals surface area contributed by atoms with Gasteiger partial charge in [0.05, 0.1) is 49.1 Å². The van der Waals surface area contributed by atoms with Crippen LogP contribution in [-0.2, 0) is 46.7 Å². The van der Waals surface area contributed by atoms with Gasteiger partial charge in [0.1, 0.15) is 38.9 Å². The van der Waals surface area contributed by atoms with Crippen LogP contribution in [0.15, 0.2) is 279 Å². The van der Waals surface area contributed by atoms with E-state index in [4.69, 9.17) is 8.53 Å². The van der Waals surface area contributed by atoms with Gasteiger partial charge < -0.3 is 13.6 Å². The second kappa shape index (κ2) is 22.0. The van der Waals surface area contributed by atoms with Gasteiger partial charge in [-0.25, -0.2) is 22.8 Å². The van der Waals surface area contributed by atoms with Crippen LogP contribution >= 0.6 is 11.3 Å². The summed E-state index contributed by atoms with van der Waals surface area (Å²) >= 11 is 1.84. The van der Waals surface area contributed by atoms with Gasteiger partial charge in [0.15, 0.2) is 58.0 Å². The van der Waals surface area contributed by atoms with Crippen molar-refractivity contribution in [1.29, 1.82) is 0 Å². The van der Waals surface area contributed by atoms with Crippen LogP contribution in [-0.4, -0.2) is 60.6 Å². The number of aromatic nitrogens is 18. The quantitative estimate of drug-likeness (QED) is 0.150. The maximum atomic E-state index is 7.91. The number of aryl methyl sites for hydroxylation is 2. The molecule has 20 heteroatoms. The first-order valence-electron chi connectivity index (χ1n) is 35.8. The van der Waals surface area contributed by atoms with Crippen LogP contribution < -0.4 is 22.8 Å². The molecular formula is C83H61N18OS+5. The van der Waals surface area contributed by atoms with Crippen LogP contribution in [0.4, 0.5) is 0 Å². The highest BCUT2D eigenvalue weighted by Crippen LogP contribution is 2.39. The maximum absolute atomic E-state index is 7.91. The standard InChI is InChI=1S/C21H15N4.2C16H13N4.C15H10N3O.C15H10N3S/c1-2-6-16(7-3-1)24-18-8-4-5-9-19(18)25-20(24)14-23-13-15-10-11-22-12-17(15)21(23)25;2*1-18-13-4-2-3-5-14(13)20-15(18)10-19-9-11-6-7-17-8-12(11)16(19)20;2*1-2-4-13-12(3-1)18-14(19-13)9-17-8-10-5-6-16-7-11(10)15(17)18/h1-12,14H,13H2;2*2-8,10H,9H2,1H3;2*1-7,9H,8H2/q5*+1/i;1D3;;;. The summed E-state index contributed by atoms with van der Waals surface area (Å²) in [7, 11) is 2.12. The normalized spacial score (nSPS) is 13.5. The zero-order chi connectivity index (χ0) is 70.2. The molecule has 26 rings (SSSR count). The van der Waals surface area contributed by atoms with Crippen molar-refractivity contribution in [2.45, 2.75) is 32.7 Å². The summed E-state index contributed by atoms with van der Waals surface area (Å²) in [5.74, 6) is 5.85. The third-order valence-corrected chi connectivity index (χ3v) is 22.1. The molecule has 0 atom stereocenters. The maximum Gasteiger partial charge on any atom is 0.336 e. The van der Waals surface area contributed by atoms with E-state index >= 15 is 0 Å². The van der Waals surface area contributed by atoms with E-state index in [1.54, 1.807) is 6.20 Å². The number of rotatable bonds is 1. The zero-order valence-electron chi connectivity index (χ0n) is 58.4. The van der Waals surface area contributed by atoms with Crippen LogP contribution in [0, 0.1) is 0 Å². The zero-order valence-corrected chi connectivity index (χ0v) is 56.2. The van der Waals surface area contributed by atoms with Crippen molar-refractivity contribution >= 4 is 93.2 Å². The molecule has 0 amide bonds. The highest BCUT2D eigenvalue weighted by molar-refractivity contribution is 7.23. The highest BCUT2D eigenvalue weighted by atomic mass is 32.1. The van der Waals surface area contributed by atoms with E-state index in [0.29, 0.717) is 11.2 Å². The first-order valence-corrected chi connectivity index (χ1v) is 35.1. The molecule has 103 heavy (non-hydrogen) atoms. The van der Waals surface area contributed by atoms with Crippen LogP contribution in [0.5, 0.6) is 0 Å². The molecule has 0 saturated carbocycles. The minimum Gasteiger partial charge on any atom is -0.416 e. The largest absolute Gasteiger partial charge is 0.416 e. The Morgan fingerprint density at radius 2 is 0.728 bits per heavy atom. The number of para-hydroxylation sites is 10. The number of fused-ring (bicyclic) bond motifs is 35. The van der Waals surface area contributed by atoms with Gasteiger partial charge in [0.25, 0.3) is 34.8 Å². The Bertz CT molecular complexity index is 7080. The second-order valence-electron chi connectivity index (χ2n) is 26.7.